The van der Waals surface area contributed by atoms with Crippen LogP contribution in [-0.2, 0) is 11.3 Å². The lowest BCUT2D eigenvalue weighted by atomic mass is 10.00. The fourth-order valence-corrected chi connectivity index (χ4v) is 3.91. The minimum absolute atomic E-state index is 0.0781. The van der Waals surface area contributed by atoms with E-state index in [1.807, 2.05) is 42.5 Å². The molecule has 1 aromatic heterocycles. The number of phenols is 1. The van der Waals surface area contributed by atoms with Crippen LogP contribution < -0.4 is 14.8 Å². The number of piperidine rings is 1. The van der Waals surface area contributed by atoms with Gasteiger partial charge in [-0.25, -0.2) is 4.98 Å². The maximum atomic E-state index is 13.1. The normalized spacial score (nSPS) is 16.3. The summed E-state index contributed by atoms with van der Waals surface area (Å²) in [6.45, 7) is 1.26. The van der Waals surface area contributed by atoms with Crippen molar-refractivity contribution in [2.45, 2.75) is 31.8 Å². The number of hydrogen-bond acceptors (Lipinski definition) is 6. The maximum Gasteiger partial charge on any atom is 0.241 e. The van der Waals surface area contributed by atoms with E-state index in [9.17, 15) is 9.90 Å². The molecule has 1 amide bonds. The summed E-state index contributed by atoms with van der Waals surface area (Å²) in [6.07, 6.45) is 4.36. The molecule has 4 rings (SSSR count). The van der Waals surface area contributed by atoms with Crippen LogP contribution in [0.3, 0.4) is 0 Å². The number of aromatic nitrogens is 1. The minimum Gasteiger partial charge on any atom is -0.504 e. The summed E-state index contributed by atoms with van der Waals surface area (Å²) < 4.78 is 10.9. The average Bonchev–Trinajstić information content (AvgIpc) is 2.83. The van der Waals surface area contributed by atoms with E-state index in [1.54, 1.807) is 24.4 Å². The van der Waals surface area contributed by atoms with E-state index in [1.165, 1.54) is 7.11 Å². The molecule has 1 fully saturated rings. The SMILES string of the molecule is COc1cccc(CN2CCCC[C@@H]2C(=O)Nc2ccc(Oc3ccccc3)nc2)c1O. The van der Waals surface area contributed by atoms with Crippen LogP contribution in [0, 0.1) is 0 Å². The molecule has 0 unspecified atom stereocenters. The van der Waals surface area contributed by atoms with Crippen molar-refractivity contribution in [2.24, 2.45) is 0 Å². The zero-order valence-electron chi connectivity index (χ0n) is 18.0. The number of methoxy groups -OCH3 is 1. The summed E-state index contributed by atoms with van der Waals surface area (Å²) in [4.78, 5) is 19.5. The molecule has 1 aliphatic heterocycles. The molecule has 7 nitrogen and oxygen atoms in total. The first-order valence-corrected chi connectivity index (χ1v) is 10.7. The molecule has 0 radical (unpaired) electrons. The van der Waals surface area contributed by atoms with Crippen LogP contribution in [-0.4, -0.2) is 40.6 Å². The molecule has 2 aromatic carbocycles. The van der Waals surface area contributed by atoms with E-state index in [2.05, 4.69) is 15.2 Å². The summed E-state index contributed by atoms with van der Waals surface area (Å²) in [5.74, 6) is 1.64. The molecule has 7 heteroatoms. The van der Waals surface area contributed by atoms with Crippen molar-refractivity contribution >= 4 is 11.6 Å². The van der Waals surface area contributed by atoms with Gasteiger partial charge in [-0.3, -0.25) is 9.69 Å². The van der Waals surface area contributed by atoms with Crippen LogP contribution in [0.15, 0.2) is 66.9 Å². The number of phenolic OH excluding ortho intramolecular Hbond substituents is 1. The van der Waals surface area contributed by atoms with Crippen molar-refractivity contribution in [3.8, 4) is 23.1 Å². The molecule has 2 N–H and O–H groups in total. The Labute approximate surface area is 187 Å². The Morgan fingerprint density at radius 1 is 1.12 bits per heavy atom. The number of pyridine rings is 1. The van der Waals surface area contributed by atoms with Gasteiger partial charge in [0.15, 0.2) is 11.5 Å². The fourth-order valence-electron chi connectivity index (χ4n) is 3.91. The van der Waals surface area contributed by atoms with Gasteiger partial charge < -0.3 is 19.9 Å². The Morgan fingerprint density at radius 2 is 1.97 bits per heavy atom. The topological polar surface area (TPSA) is 83.9 Å². The Morgan fingerprint density at radius 3 is 2.72 bits per heavy atom. The Bertz CT molecular complexity index is 1040. The number of carbonyl (C=O) groups excluding carboxylic acids is 1. The number of rotatable bonds is 7. The van der Waals surface area contributed by atoms with Gasteiger partial charge in [0, 0.05) is 18.2 Å². The summed E-state index contributed by atoms with van der Waals surface area (Å²) in [6, 6.07) is 18.1. The predicted octanol–water partition coefficient (Wildman–Crippen LogP) is 4.58. The summed E-state index contributed by atoms with van der Waals surface area (Å²) in [5, 5.41) is 13.4. The second-order valence-electron chi connectivity index (χ2n) is 7.74. The molecule has 1 atom stereocenters. The molecule has 1 saturated heterocycles. The van der Waals surface area contributed by atoms with Gasteiger partial charge in [0.05, 0.1) is 25.0 Å². The number of aromatic hydroxyl groups is 1. The molecule has 1 aliphatic rings. The van der Waals surface area contributed by atoms with Gasteiger partial charge in [-0.15, -0.1) is 0 Å². The van der Waals surface area contributed by atoms with Crippen molar-refractivity contribution < 1.29 is 19.4 Å². The second-order valence-corrected chi connectivity index (χ2v) is 7.74. The summed E-state index contributed by atoms with van der Waals surface area (Å²) in [5.41, 5.74) is 1.36. The van der Waals surface area contributed by atoms with Crippen LogP contribution in [0.5, 0.6) is 23.1 Å². The van der Waals surface area contributed by atoms with Crippen LogP contribution in [0.4, 0.5) is 5.69 Å². The highest BCUT2D eigenvalue weighted by Crippen LogP contribution is 2.32. The average molecular weight is 434 g/mol. The van der Waals surface area contributed by atoms with E-state index in [0.29, 0.717) is 29.6 Å². The number of para-hydroxylation sites is 2. The van der Waals surface area contributed by atoms with Crippen molar-refractivity contribution in [1.29, 1.82) is 0 Å². The third kappa shape index (κ3) is 5.18. The van der Waals surface area contributed by atoms with Gasteiger partial charge in [-0.05, 0) is 43.7 Å². The molecule has 0 bridgehead atoms. The van der Waals surface area contributed by atoms with Crippen LogP contribution in [0.2, 0.25) is 0 Å². The third-order valence-electron chi connectivity index (χ3n) is 5.56. The number of likely N-dealkylation sites (tertiary alicyclic amines) is 1. The number of carbonyl (C=O) groups is 1. The lowest BCUT2D eigenvalue weighted by molar-refractivity contribution is -0.122. The quantitative estimate of drug-likeness (QED) is 0.567. The van der Waals surface area contributed by atoms with Crippen LogP contribution in [0.1, 0.15) is 24.8 Å². The third-order valence-corrected chi connectivity index (χ3v) is 5.56. The zero-order valence-corrected chi connectivity index (χ0v) is 18.0. The Balaban J connectivity index is 1.41. The number of benzene rings is 2. The lowest BCUT2D eigenvalue weighted by Gasteiger charge is -2.34. The maximum absolute atomic E-state index is 13.1. The van der Waals surface area contributed by atoms with E-state index < -0.39 is 0 Å². The molecule has 0 saturated carbocycles. The number of anilines is 1. The highest BCUT2D eigenvalue weighted by molar-refractivity contribution is 5.94. The zero-order chi connectivity index (χ0) is 22.3. The number of hydrogen-bond donors (Lipinski definition) is 2. The van der Waals surface area contributed by atoms with Gasteiger partial charge >= 0.3 is 0 Å². The lowest BCUT2D eigenvalue weighted by Crippen LogP contribution is -2.46. The number of ether oxygens (including phenoxy) is 2. The van der Waals surface area contributed by atoms with Crippen molar-refractivity contribution in [3.05, 3.63) is 72.4 Å². The highest BCUT2D eigenvalue weighted by Gasteiger charge is 2.29. The molecule has 32 heavy (non-hydrogen) atoms. The van der Waals surface area contributed by atoms with Gasteiger partial charge in [-0.2, -0.15) is 0 Å². The highest BCUT2D eigenvalue weighted by atomic mass is 16.5. The molecular weight excluding hydrogens is 406 g/mol. The molecular formula is C25H27N3O4. The predicted molar refractivity (Wildman–Crippen MR) is 122 cm³/mol. The number of amides is 1. The van der Waals surface area contributed by atoms with Gasteiger partial charge in [-0.1, -0.05) is 36.8 Å². The van der Waals surface area contributed by atoms with E-state index in [-0.39, 0.29) is 17.7 Å². The second kappa shape index (κ2) is 10.2. The van der Waals surface area contributed by atoms with Gasteiger partial charge in [0.25, 0.3) is 0 Å². The molecule has 0 spiro atoms. The smallest absolute Gasteiger partial charge is 0.241 e. The standard InChI is InChI=1S/C25H27N3O4/c1-31-22-12-7-8-18(24(22)29)17-28-15-6-5-11-21(28)25(30)27-19-13-14-23(26-16-19)32-20-9-3-2-4-10-20/h2-4,7-10,12-14,16,21,29H,5-6,11,15,17H2,1H3,(H,27,30)/t21-/m1/s1. The fraction of sp³-hybridized carbons (Fsp3) is 0.280. The molecule has 0 aliphatic carbocycles. The van der Waals surface area contributed by atoms with Crippen molar-refractivity contribution in [3.63, 3.8) is 0 Å². The first-order valence-electron chi connectivity index (χ1n) is 10.7. The van der Waals surface area contributed by atoms with Gasteiger partial charge in [0.2, 0.25) is 11.8 Å². The molecule has 166 valence electrons. The van der Waals surface area contributed by atoms with E-state index in [0.717, 1.165) is 31.4 Å². The van der Waals surface area contributed by atoms with Gasteiger partial charge in [0.1, 0.15) is 5.75 Å². The molecule has 2 heterocycles. The van der Waals surface area contributed by atoms with E-state index >= 15 is 0 Å². The minimum atomic E-state index is -0.283. The number of nitrogens with zero attached hydrogens (tertiary/aromatic N) is 2. The van der Waals surface area contributed by atoms with Crippen molar-refractivity contribution in [2.75, 3.05) is 19.0 Å². The molecule has 3 aromatic rings. The largest absolute Gasteiger partial charge is 0.504 e. The first-order chi connectivity index (χ1) is 15.6. The monoisotopic (exact) mass is 433 g/mol. The Hall–Kier alpha value is -3.58. The van der Waals surface area contributed by atoms with Crippen LogP contribution in [0.25, 0.3) is 0 Å². The summed E-state index contributed by atoms with van der Waals surface area (Å²) >= 11 is 0. The number of nitrogens with one attached hydrogen (secondary N) is 1. The first kappa shape index (κ1) is 21.6. The van der Waals surface area contributed by atoms with Crippen molar-refractivity contribution in [1.82, 2.24) is 9.88 Å². The Kier molecular flexibility index (Phi) is 6.87. The summed E-state index contributed by atoms with van der Waals surface area (Å²) in [7, 11) is 1.53. The van der Waals surface area contributed by atoms with E-state index in [4.69, 9.17) is 9.47 Å². The van der Waals surface area contributed by atoms with Crippen LogP contribution >= 0.6 is 0 Å².